The van der Waals surface area contributed by atoms with Gasteiger partial charge in [-0.1, -0.05) is 0 Å². The number of hydrogen-bond acceptors (Lipinski definition) is 4. The number of nitrogens with two attached hydrogens (primary N) is 1. The fourth-order valence-corrected chi connectivity index (χ4v) is 1.75. The Morgan fingerprint density at radius 1 is 1.57 bits per heavy atom. The molecule has 0 aliphatic carbocycles. The number of carbonyl (C=O) groups excluding carboxylic acids is 1. The van der Waals surface area contributed by atoms with Crippen molar-refractivity contribution in [2.45, 2.75) is 25.3 Å². The van der Waals surface area contributed by atoms with Crippen molar-refractivity contribution >= 4 is 17.7 Å². The van der Waals surface area contributed by atoms with E-state index in [9.17, 15) is 4.79 Å². The summed E-state index contributed by atoms with van der Waals surface area (Å²) >= 11 is 1.69. The van der Waals surface area contributed by atoms with Crippen molar-refractivity contribution < 1.29 is 9.90 Å². The zero-order chi connectivity index (χ0) is 11.0. The van der Waals surface area contributed by atoms with Gasteiger partial charge in [-0.25, -0.2) is 0 Å². The molecule has 5 heteroatoms. The number of aliphatic hydroxyl groups excluding tert-OH is 1. The van der Waals surface area contributed by atoms with Crippen LogP contribution in [0, 0.1) is 0 Å². The molecular weight excluding hydrogens is 200 g/mol. The van der Waals surface area contributed by atoms with Crippen LogP contribution in [0.1, 0.15) is 19.8 Å². The summed E-state index contributed by atoms with van der Waals surface area (Å²) in [4.78, 5) is 11.1. The van der Waals surface area contributed by atoms with Crippen molar-refractivity contribution in [3.05, 3.63) is 0 Å². The molecule has 0 rings (SSSR count). The SMILES string of the molecule is CNC(C)(CCCSCCO)C(N)=O. The fourth-order valence-electron chi connectivity index (χ4n) is 1.07. The number of rotatable bonds is 8. The molecule has 0 aromatic carbocycles. The molecule has 0 fully saturated rings. The van der Waals surface area contributed by atoms with Crippen LogP contribution < -0.4 is 11.1 Å². The van der Waals surface area contributed by atoms with E-state index in [0.29, 0.717) is 0 Å². The van der Waals surface area contributed by atoms with Gasteiger partial charge in [0.25, 0.3) is 0 Å². The molecule has 0 aromatic heterocycles. The maximum atomic E-state index is 11.1. The molecular formula is C9H20N2O2S. The first kappa shape index (κ1) is 13.7. The summed E-state index contributed by atoms with van der Waals surface area (Å²) in [6, 6.07) is 0. The van der Waals surface area contributed by atoms with Gasteiger partial charge in [-0.3, -0.25) is 4.79 Å². The molecule has 1 amide bonds. The summed E-state index contributed by atoms with van der Waals surface area (Å²) < 4.78 is 0. The summed E-state index contributed by atoms with van der Waals surface area (Å²) in [7, 11) is 1.74. The van der Waals surface area contributed by atoms with Crippen LogP contribution in [0.3, 0.4) is 0 Å². The normalized spacial score (nSPS) is 15.1. The van der Waals surface area contributed by atoms with Gasteiger partial charge in [0.1, 0.15) is 0 Å². The maximum absolute atomic E-state index is 11.1. The Balaban J connectivity index is 3.68. The molecule has 0 spiro atoms. The highest BCUT2D eigenvalue weighted by atomic mass is 32.2. The molecule has 1 atom stereocenters. The zero-order valence-electron chi connectivity index (χ0n) is 8.88. The van der Waals surface area contributed by atoms with Crippen molar-refractivity contribution in [1.82, 2.24) is 5.32 Å². The lowest BCUT2D eigenvalue weighted by Crippen LogP contribution is -2.51. The van der Waals surface area contributed by atoms with Gasteiger partial charge < -0.3 is 16.2 Å². The third kappa shape index (κ3) is 4.83. The third-order valence-electron chi connectivity index (χ3n) is 2.30. The van der Waals surface area contributed by atoms with Crippen molar-refractivity contribution in [3.8, 4) is 0 Å². The summed E-state index contributed by atoms with van der Waals surface area (Å²) in [6.45, 7) is 2.02. The molecule has 0 aromatic rings. The first-order valence-electron chi connectivity index (χ1n) is 4.74. The first-order valence-corrected chi connectivity index (χ1v) is 5.89. The lowest BCUT2D eigenvalue weighted by molar-refractivity contribution is -0.123. The van der Waals surface area contributed by atoms with E-state index < -0.39 is 5.54 Å². The predicted octanol–water partition coefficient (Wildman–Crippen LogP) is -0.0445. The van der Waals surface area contributed by atoms with E-state index in [0.717, 1.165) is 24.3 Å². The van der Waals surface area contributed by atoms with Crippen LogP contribution in [0.4, 0.5) is 0 Å². The van der Waals surface area contributed by atoms with Gasteiger partial charge in [0.05, 0.1) is 12.1 Å². The van der Waals surface area contributed by atoms with Gasteiger partial charge in [0.2, 0.25) is 5.91 Å². The van der Waals surface area contributed by atoms with Crippen molar-refractivity contribution in [2.24, 2.45) is 5.73 Å². The Morgan fingerprint density at radius 3 is 2.64 bits per heavy atom. The van der Waals surface area contributed by atoms with E-state index in [-0.39, 0.29) is 12.5 Å². The van der Waals surface area contributed by atoms with Crippen LogP contribution in [0.25, 0.3) is 0 Å². The Hall–Kier alpha value is -0.260. The molecule has 4 N–H and O–H groups in total. The van der Waals surface area contributed by atoms with Crippen LogP contribution >= 0.6 is 11.8 Å². The molecule has 14 heavy (non-hydrogen) atoms. The minimum absolute atomic E-state index is 0.212. The predicted molar refractivity (Wildman–Crippen MR) is 60.3 cm³/mol. The molecule has 0 aliphatic rings. The molecule has 1 unspecified atom stereocenters. The van der Waals surface area contributed by atoms with Gasteiger partial charge in [0.15, 0.2) is 0 Å². The van der Waals surface area contributed by atoms with Crippen molar-refractivity contribution in [3.63, 3.8) is 0 Å². The zero-order valence-corrected chi connectivity index (χ0v) is 9.69. The number of likely N-dealkylation sites (N-methyl/N-ethyl adjacent to an activating group) is 1. The van der Waals surface area contributed by atoms with E-state index in [1.165, 1.54) is 0 Å². The molecule has 0 bridgehead atoms. The van der Waals surface area contributed by atoms with Crippen LogP contribution in [0.5, 0.6) is 0 Å². The minimum Gasteiger partial charge on any atom is -0.396 e. The second-order valence-corrected chi connectivity index (χ2v) is 4.61. The number of nitrogens with one attached hydrogen (secondary N) is 1. The minimum atomic E-state index is -0.597. The lowest BCUT2D eigenvalue weighted by Gasteiger charge is -2.25. The first-order chi connectivity index (χ1) is 6.56. The standard InChI is InChI=1S/C9H20N2O2S/c1-9(11-2,8(10)13)4-3-6-14-7-5-12/h11-12H,3-7H2,1-2H3,(H2,10,13). The highest BCUT2D eigenvalue weighted by molar-refractivity contribution is 7.99. The number of thioether (sulfide) groups is 1. The van der Waals surface area contributed by atoms with E-state index in [1.54, 1.807) is 18.8 Å². The highest BCUT2D eigenvalue weighted by Crippen LogP contribution is 2.13. The Kier molecular flexibility index (Phi) is 6.96. The number of amides is 1. The van der Waals surface area contributed by atoms with Crippen LogP contribution in [0.15, 0.2) is 0 Å². The van der Waals surface area contributed by atoms with Crippen molar-refractivity contribution in [2.75, 3.05) is 25.2 Å². The molecule has 4 nitrogen and oxygen atoms in total. The summed E-state index contributed by atoms with van der Waals surface area (Å²) in [5.74, 6) is 1.39. The fraction of sp³-hybridized carbons (Fsp3) is 0.889. The maximum Gasteiger partial charge on any atom is 0.237 e. The van der Waals surface area contributed by atoms with Gasteiger partial charge in [-0.05, 0) is 32.6 Å². The van der Waals surface area contributed by atoms with Gasteiger partial charge in [-0.15, -0.1) is 0 Å². The largest absolute Gasteiger partial charge is 0.396 e. The van der Waals surface area contributed by atoms with Crippen LogP contribution in [-0.4, -0.2) is 41.7 Å². The average Bonchev–Trinajstić information content (AvgIpc) is 2.17. The number of hydrogen-bond donors (Lipinski definition) is 3. The van der Waals surface area contributed by atoms with E-state index >= 15 is 0 Å². The van der Waals surface area contributed by atoms with E-state index in [4.69, 9.17) is 10.8 Å². The number of primary amides is 1. The van der Waals surface area contributed by atoms with Crippen molar-refractivity contribution in [1.29, 1.82) is 0 Å². The molecule has 0 saturated carbocycles. The smallest absolute Gasteiger partial charge is 0.237 e. The topological polar surface area (TPSA) is 75.3 Å². The van der Waals surface area contributed by atoms with E-state index in [1.807, 2.05) is 6.92 Å². The molecule has 0 heterocycles. The Labute approximate surface area is 89.6 Å². The quantitative estimate of drug-likeness (QED) is 0.502. The van der Waals surface area contributed by atoms with Gasteiger partial charge in [-0.2, -0.15) is 11.8 Å². The highest BCUT2D eigenvalue weighted by Gasteiger charge is 2.27. The second-order valence-electron chi connectivity index (χ2n) is 3.39. The lowest BCUT2D eigenvalue weighted by atomic mass is 9.96. The monoisotopic (exact) mass is 220 g/mol. The van der Waals surface area contributed by atoms with Crippen LogP contribution in [-0.2, 0) is 4.79 Å². The van der Waals surface area contributed by atoms with Gasteiger partial charge >= 0.3 is 0 Å². The Bertz CT molecular complexity index is 178. The summed E-state index contributed by atoms with van der Waals surface area (Å²) in [5.41, 5.74) is 4.68. The third-order valence-corrected chi connectivity index (χ3v) is 3.35. The average molecular weight is 220 g/mol. The molecule has 0 radical (unpaired) electrons. The second kappa shape index (κ2) is 7.09. The Morgan fingerprint density at radius 2 is 2.21 bits per heavy atom. The molecule has 0 aliphatic heterocycles. The molecule has 84 valence electrons. The van der Waals surface area contributed by atoms with E-state index in [2.05, 4.69) is 5.32 Å². The summed E-state index contributed by atoms with van der Waals surface area (Å²) in [6.07, 6.45) is 1.65. The number of aliphatic hydroxyl groups is 1. The van der Waals surface area contributed by atoms with Gasteiger partial charge in [0, 0.05) is 5.75 Å². The molecule has 0 saturated heterocycles. The summed E-state index contributed by atoms with van der Waals surface area (Å²) in [5, 5.41) is 11.5. The van der Waals surface area contributed by atoms with Crippen LogP contribution in [0.2, 0.25) is 0 Å². The number of carbonyl (C=O) groups is 1.